The summed E-state index contributed by atoms with van der Waals surface area (Å²) in [5.74, 6) is 1.65. The molecule has 0 radical (unpaired) electrons. The predicted molar refractivity (Wildman–Crippen MR) is 118 cm³/mol. The van der Waals surface area contributed by atoms with Crippen molar-refractivity contribution in [3.8, 4) is 39.9 Å². The molecule has 0 unspecified atom stereocenters. The molecule has 1 aliphatic rings. The first-order chi connectivity index (χ1) is 15.4. The molecule has 8 nitrogen and oxygen atoms in total. The van der Waals surface area contributed by atoms with E-state index < -0.39 is 11.7 Å². The predicted octanol–water partition coefficient (Wildman–Crippen LogP) is 4.30. The molecule has 8 heteroatoms. The van der Waals surface area contributed by atoms with Crippen LogP contribution in [-0.2, 0) is 4.74 Å². The van der Waals surface area contributed by atoms with Crippen LogP contribution in [0.2, 0.25) is 0 Å². The van der Waals surface area contributed by atoms with Crippen LogP contribution in [0.4, 0.5) is 0 Å². The topological polar surface area (TPSA) is 96.6 Å². The molecule has 0 saturated carbocycles. The Hall–Kier alpha value is -3.39. The highest BCUT2D eigenvalue weighted by atomic mass is 16.6. The van der Waals surface area contributed by atoms with Crippen LogP contribution in [0, 0.1) is 5.92 Å². The molecule has 0 saturated heterocycles. The average Bonchev–Trinajstić information content (AvgIpc) is 3.16. The molecule has 2 atom stereocenters. The Morgan fingerprint density at radius 2 is 1.72 bits per heavy atom. The van der Waals surface area contributed by atoms with Crippen LogP contribution in [-0.4, -0.2) is 39.6 Å². The van der Waals surface area contributed by atoms with E-state index in [9.17, 15) is 9.90 Å². The van der Waals surface area contributed by atoms with E-state index in [-0.39, 0.29) is 34.3 Å². The van der Waals surface area contributed by atoms with Gasteiger partial charge in [0.15, 0.2) is 11.5 Å². The fraction of sp³-hybridized carbons (Fsp3) is 0.375. The fourth-order valence-corrected chi connectivity index (χ4v) is 4.24. The van der Waals surface area contributed by atoms with Crippen molar-refractivity contribution in [1.82, 2.24) is 0 Å². The van der Waals surface area contributed by atoms with Gasteiger partial charge in [-0.3, -0.25) is 0 Å². The van der Waals surface area contributed by atoms with E-state index in [2.05, 4.69) is 0 Å². The van der Waals surface area contributed by atoms with E-state index in [0.29, 0.717) is 34.1 Å². The standard InChI is InChI=1S/C24H26O8/c1-11(2)21-23(30-6)19-16(31-21)10-15-18(22(19)29-5)20(25)17(24(26)32-15)12-7-8-13(27-3)14(9-12)28-4/h7-11,21,23,25H,1-6H3/t21-,23-/m1/s1. The van der Waals surface area contributed by atoms with Gasteiger partial charge in [0.05, 0.1) is 26.9 Å². The van der Waals surface area contributed by atoms with Crippen LogP contribution in [0.5, 0.6) is 28.7 Å². The first-order valence-corrected chi connectivity index (χ1v) is 10.2. The van der Waals surface area contributed by atoms with Gasteiger partial charge in [0.25, 0.3) is 0 Å². The Morgan fingerprint density at radius 1 is 1.00 bits per heavy atom. The summed E-state index contributed by atoms with van der Waals surface area (Å²) in [6, 6.07) is 6.50. The minimum atomic E-state index is -0.703. The van der Waals surface area contributed by atoms with E-state index in [1.54, 1.807) is 31.4 Å². The number of hydrogen-bond donors (Lipinski definition) is 1. The smallest absolute Gasteiger partial charge is 0.347 e. The van der Waals surface area contributed by atoms with Gasteiger partial charge in [0, 0.05) is 13.2 Å². The zero-order valence-electron chi connectivity index (χ0n) is 18.8. The maximum atomic E-state index is 12.9. The van der Waals surface area contributed by atoms with E-state index in [0.717, 1.165) is 0 Å². The third-order valence-corrected chi connectivity index (χ3v) is 5.76. The minimum Gasteiger partial charge on any atom is -0.506 e. The molecule has 0 fully saturated rings. The Balaban J connectivity index is 2.01. The Bertz CT molecular complexity index is 1230. The second-order valence-electron chi connectivity index (χ2n) is 7.86. The van der Waals surface area contributed by atoms with Gasteiger partial charge in [-0.2, -0.15) is 0 Å². The number of aromatic hydroxyl groups is 1. The maximum Gasteiger partial charge on any atom is 0.347 e. The van der Waals surface area contributed by atoms with Gasteiger partial charge in [-0.1, -0.05) is 19.9 Å². The number of hydrogen-bond acceptors (Lipinski definition) is 8. The summed E-state index contributed by atoms with van der Waals surface area (Å²) in [6.45, 7) is 4.06. The van der Waals surface area contributed by atoms with Crippen molar-refractivity contribution in [2.45, 2.75) is 26.1 Å². The van der Waals surface area contributed by atoms with Crippen LogP contribution in [0.1, 0.15) is 25.5 Å². The number of benzene rings is 2. The highest BCUT2D eigenvalue weighted by Crippen LogP contribution is 2.52. The molecule has 0 amide bonds. The Morgan fingerprint density at radius 3 is 2.31 bits per heavy atom. The van der Waals surface area contributed by atoms with Crippen LogP contribution in [0.15, 0.2) is 33.5 Å². The Kier molecular flexibility index (Phi) is 5.64. The van der Waals surface area contributed by atoms with Crippen LogP contribution < -0.4 is 24.6 Å². The lowest BCUT2D eigenvalue weighted by molar-refractivity contribution is 0.00423. The summed E-state index contributed by atoms with van der Waals surface area (Å²) in [7, 11) is 6.10. The molecule has 1 N–H and O–H groups in total. The lowest BCUT2D eigenvalue weighted by Gasteiger charge is -2.21. The van der Waals surface area contributed by atoms with Crippen LogP contribution >= 0.6 is 0 Å². The normalized spacial score (nSPS) is 17.3. The van der Waals surface area contributed by atoms with Gasteiger partial charge in [-0.25, -0.2) is 4.79 Å². The molecular weight excluding hydrogens is 416 g/mol. The molecule has 0 aliphatic carbocycles. The summed E-state index contributed by atoms with van der Waals surface area (Å²) in [6.07, 6.45) is -0.653. The largest absolute Gasteiger partial charge is 0.506 e. The third-order valence-electron chi connectivity index (χ3n) is 5.76. The lowest BCUT2D eigenvalue weighted by Crippen LogP contribution is -2.26. The summed E-state index contributed by atoms with van der Waals surface area (Å²) < 4.78 is 33.7. The number of methoxy groups -OCH3 is 4. The maximum absolute atomic E-state index is 12.9. The average molecular weight is 442 g/mol. The first kappa shape index (κ1) is 21.8. The monoisotopic (exact) mass is 442 g/mol. The summed E-state index contributed by atoms with van der Waals surface area (Å²) >= 11 is 0. The van der Waals surface area contributed by atoms with Gasteiger partial charge in [-0.05, 0) is 23.6 Å². The molecular formula is C24H26O8. The SMILES string of the molecule is COc1ccc(-c2c(O)c3c(OC)c4c(cc3oc2=O)O[C@H](C(C)C)[C@@H]4OC)cc1OC. The second-order valence-corrected chi connectivity index (χ2v) is 7.86. The number of fused-ring (bicyclic) bond motifs is 2. The summed E-state index contributed by atoms with van der Waals surface area (Å²) in [5, 5.41) is 11.5. The molecule has 0 spiro atoms. The van der Waals surface area contributed by atoms with E-state index in [4.69, 9.17) is 28.1 Å². The molecule has 170 valence electrons. The van der Waals surface area contributed by atoms with Crippen LogP contribution in [0.25, 0.3) is 22.1 Å². The highest BCUT2D eigenvalue weighted by Gasteiger charge is 2.41. The van der Waals surface area contributed by atoms with Gasteiger partial charge in [0.2, 0.25) is 0 Å². The molecule has 2 aromatic carbocycles. The van der Waals surface area contributed by atoms with Crippen molar-refractivity contribution in [3.63, 3.8) is 0 Å². The molecule has 1 aliphatic heterocycles. The Labute approximate surface area is 185 Å². The van der Waals surface area contributed by atoms with Gasteiger partial charge < -0.3 is 33.2 Å². The van der Waals surface area contributed by atoms with Gasteiger partial charge >= 0.3 is 5.63 Å². The first-order valence-electron chi connectivity index (χ1n) is 10.2. The second kappa shape index (κ2) is 8.27. The van der Waals surface area contributed by atoms with Gasteiger partial charge in [0.1, 0.15) is 46.0 Å². The lowest BCUT2D eigenvalue weighted by atomic mass is 9.95. The van der Waals surface area contributed by atoms with Gasteiger partial charge in [-0.15, -0.1) is 0 Å². The van der Waals surface area contributed by atoms with Crippen molar-refractivity contribution < 1.29 is 33.2 Å². The molecule has 3 aromatic rings. The molecule has 1 aromatic heterocycles. The third kappa shape index (κ3) is 3.22. The molecule has 32 heavy (non-hydrogen) atoms. The van der Waals surface area contributed by atoms with E-state index in [1.807, 2.05) is 13.8 Å². The quantitative estimate of drug-likeness (QED) is 0.565. The van der Waals surface area contributed by atoms with E-state index in [1.165, 1.54) is 21.3 Å². The summed E-state index contributed by atoms with van der Waals surface area (Å²) in [4.78, 5) is 12.9. The number of ether oxygens (including phenoxy) is 5. The van der Waals surface area contributed by atoms with Crippen molar-refractivity contribution in [3.05, 3.63) is 40.2 Å². The molecule has 2 heterocycles. The van der Waals surface area contributed by atoms with Crippen molar-refractivity contribution in [2.75, 3.05) is 28.4 Å². The van der Waals surface area contributed by atoms with E-state index >= 15 is 0 Å². The van der Waals surface area contributed by atoms with Crippen molar-refractivity contribution >= 4 is 11.0 Å². The minimum absolute atomic E-state index is 0.00926. The zero-order valence-corrected chi connectivity index (χ0v) is 18.8. The molecule has 0 bridgehead atoms. The number of rotatable bonds is 6. The summed E-state index contributed by atoms with van der Waals surface area (Å²) in [5.41, 5.74) is 0.532. The van der Waals surface area contributed by atoms with Crippen LogP contribution in [0.3, 0.4) is 0 Å². The highest BCUT2D eigenvalue weighted by molar-refractivity contribution is 5.97. The van der Waals surface area contributed by atoms with Crippen molar-refractivity contribution in [1.29, 1.82) is 0 Å². The zero-order chi connectivity index (χ0) is 23.2. The fourth-order valence-electron chi connectivity index (χ4n) is 4.24. The molecule has 4 rings (SSSR count). The van der Waals surface area contributed by atoms with Crippen molar-refractivity contribution in [2.24, 2.45) is 5.92 Å².